The van der Waals surface area contributed by atoms with Gasteiger partial charge < -0.3 is 0 Å². The van der Waals surface area contributed by atoms with E-state index in [1.165, 1.54) is 29.5 Å². The van der Waals surface area contributed by atoms with Crippen LogP contribution < -0.4 is 0 Å². The summed E-state index contributed by atoms with van der Waals surface area (Å²) in [5, 5.41) is 0. The topological polar surface area (TPSA) is 0 Å². The van der Waals surface area contributed by atoms with Gasteiger partial charge in [-0.05, 0) is 62.5 Å². The van der Waals surface area contributed by atoms with Crippen LogP contribution in [0.3, 0.4) is 0 Å². The van der Waals surface area contributed by atoms with Gasteiger partial charge in [0.25, 0.3) is 0 Å². The molecular weight excluding hydrogens is 343 g/mol. The van der Waals surface area contributed by atoms with Gasteiger partial charge in [-0.15, -0.1) is 0 Å². The molecule has 1 aliphatic carbocycles. The van der Waals surface area contributed by atoms with Crippen molar-refractivity contribution in [3.05, 3.63) is 38.5 Å². The minimum Gasteiger partial charge on any atom is -0.0561 e. The van der Waals surface area contributed by atoms with E-state index in [4.69, 9.17) is 0 Å². The largest absolute Gasteiger partial charge is 0.0561 e. The molecule has 0 saturated carbocycles. The van der Waals surface area contributed by atoms with E-state index in [0.717, 1.165) is 0 Å². The minimum atomic E-state index is 0.216. The Bertz CT molecular complexity index is 527. The quantitative estimate of drug-likeness (QED) is 0.533. The molecule has 19 heavy (non-hydrogen) atoms. The highest BCUT2D eigenvalue weighted by Gasteiger charge is 2.33. The van der Waals surface area contributed by atoms with Crippen LogP contribution in [0.5, 0.6) is 0 Å². The van der Waals surface area contributed by atoms with Gasteiger partial charge in [0.1, 0.15) is 0 Å². The Hall–Kier alpha value is -0.310. The summed E-state index contributed by atoms with van der Waals surface area (Å²) >= 11 is 2.36. The molecule has 0 spiro atoms. The summed E-state index contributed by atoms with van der Waals surface area (Å²) in [7, 11) is 0. The van der Waals surface area contributed by atoms with Crippen molar-refractivity contribution in [2.24, 2.45) is 0 Å². The van der Waals surface area contributed by atoms with Gasteiger partial charge in [-0.2, -0.15) is 0 Å². The average molecular weight is 368 g/mol. The second-order valence-electron chi connectivity index (χ2n) is 7.48. The number of benzene rings is 1. The Morgan fingerprint density at radius 2 is 1.89 bits per heavy atom. The molecule has 0 aliphatic heterocycles. The number of hydrogen-bond donors (Lipinski definition) is 0. The van der Waals surface area contributed by atoms with Crippen molar-refractivity contribution in [1.29, 1.82) is 0 Å². The Balaban J connectivity index is 2.73. The van der Waals surface area contributed by atoms with Gasteiger partial charge in [0.2, 0.25) is 0 Å². The third-order valence-electron chi connectivity index (χ3n) is 4.43. The van der Waals surface area contributed by atoms with Crippen molar-refractivity contribution in [3.8, 4) is 0 Å². The lowest BCUT2D eigenvalue weighted by atomic mass is 9.79. The highest BCUT2D eigenvalue weighted by atomic mass is 127. The lowest BCUT2D eigenvalue weighted by molar-refractivity contribution is 0.519. The Labute approximate surface area is 131 Å². The SMILES string of the molecule is CC(=CI)c1cc(C(C)(C)C)cc2c1CCC2(C)C. The molecule has 0 heterocycles. The van der Waals surface area contributed by atoms with Gasteiger partial charge in [-0.1, -0.05) is 69.3 Å². The second kappa shape index (κ2) is 4.91. The van der Waals surface area contributed by atoms with E-state index >= 15 is 0 Å². The third-order valence-corrected chi connectivity index (χ3v) is 5.37. The van der Waals surface area contributed by atoms with Crippen LogP contribution in [0.4, 0.5) is 0 Å². The summed E-state index contributed by atoms with van der Waals surface area (Å²) in [5.41, 5.74) is 8.05. The van der Waals surface area contributed by atoms with E-state index in [1.807, 2.05) is 0 Å². The first-order valence-electron chi connectivity index (χ1n) is 7.12. The molecule has 1 aromatic carbocycles. The van der Waals surface area contributed by atoms with Crippen LogP contribution in [0.1, 0.15) is 70.2 Å². The first kappa shape index (κ1) is 15.1. The number of fused-ring (bicyclic) bond motifs is 1. The van der Waals surface area contributed by atoms with Gasteiger partial charge in [-0.3, -0.25) is 0 Å². The predicted molar refractivity (Wildman–Crippen MR) is 94.2 cm³/mol. The molecule has 0 nitrogen and oxygen atoms in total. The molecule has 1 aromatic rings. The zero-order valence-electron chi connectivity index (χ0n) is 13.0. The predicted octanol–water partition coefficient (Wildman–Crippen LogP) is 6.00. The van der Waals surface area contributed by atoms with Crippen LogP contribution >= 0.6 is 22.6 Å². The molecule has 0 N–H and O–H groups in total. The maximum absolute atomic E-state index is 2.46. The van der Waals surface area contributed by atoms with E-state index in [1.54, 1.807) is 11.1 Å². The Kier molecular flexibility index (Phi) is 3.90. The molecule has 0 saturated heterocycles. The molecule has 0 bridgehead atoms. The summed E-state index contributed by atoms with van der Waals surface area (Å²) < 4.78 is 2.21. The monoisotopic (exact) mass is 368 g/mol. The van der Waals surface area contributed by atoms with Crippen LogP contribution in [0, 0.1) is 0 Å². The molecule has 0 amide bonds. The van der Waals surface area contributed by atoms with E-state index in [0.29, 0.717) is 5.41 Å². The minimum absolute atomic E-state index is 0.216. The molecule has 0 unspecified atom stereocenters. The van der Waals surface area contributed by atoms with Crippen molar-refractivity contribution >= 4 is 28.2 Å². The Morgan fingerprint density at radius 1 is 1.26 bits per heavy atom. The van der Waals surface area contributed by atoms with Gasteiger partial charge in [-0.25, -0.2) is 0 Å². The molecule has 0 fully saturated rings. The molecule has 1 heteroatoms. The normalized spacial score (nSPS) is 18.6. The summed E-state index contributed by atoms with van der Waals surface area (Å²) in [6.07, 6.45) is 2.50. The molecule has 0 aromatic heterocycles. The zero-order chi connectivity index (χ0) is 14.4. The molecule has 0 radical (unpaired) electrons. The van der Waals surface area contributed by atoms with Crippen LogP contribution in [0.2, 0.25) is 0 Å². The lowest BCUT2D eigenvalue weighted by Gasteiger charge is -2.26. The number of hydrogen-bond acceptors (Lipinski definition) is 0. The first-order valence-corrected chi connectivity index (χ1v) is 8.36. The van der Waals surface area contributed by atoms with Gasteiger partial charge in [0, 0.05) is 0 Å². The van der Waals surface area contributed by atoms with Gasteiger partial charge in [0.05, 0.1) is 0 Å². The standard InChI is InChI=1S/C18H25I/c1-12(11-19)15-9-13(17(2,3)4)10-16-14(15)7-8-18(16,5)6/h9-11H,7-8H2,1-6H3. The fourth-order valence-electron chi connectivity index (χ4n) is 2.96. The summed E-state index contributed by atoms with van der Waals surface area (Å²) in [4.78, 5) is 0. The van der Waals surface area contributed by atoms with Gasteiger partial charge >= 0.3 is 0 Å². The summed E-state index contributed by atoms with van der Waals surface area (Å²) in [6, 6.07) is 4.89. The third kappa shape index (κ3) is 2.76. The molecule has 104 valence electrons. The highest BCUT2D eigenvalue weighted by molar-refractivity contribution is 14.1. The highest BCUT2D eigenvalue weighted by Crippen LogP contribution is 2.43. The maximum atomic E-state index is 2.46. The fourth-order valence-corrected chi connectivity index (χ4v) is 3.30. The lowest BCUT2D eigenvalue weighted by Crippen LogP contribution is -2.16. The molecule has 2 rings (SSSR count). The Morgan fingerprint density at radius 3 is 2.42 bits per heavy atom. The van der Waals surface area contributed by atoms with Crippen molar-refractivity contribution in [3.63, 3.8) is 0 Å². The van der Waals surface area contributed by atoms with Crippen molar-refractivity contribution in [2.75, 3.05) is 0 Å². The van der Waals surface area contributed by atoms with Crippen molar-refractivity contribution in [1.82, 2.24) is 0 Å². The zero-order valence-corrected chi connectivity index (χ0v) is 15.2. The number of allylic oxidation sites excluding steroid dienone is 1. The smallest absolute Gasteiger partial charge is 0.00973 e. The fraction of sp³-hybridized carbons (Fsp3) is 0.556. The molecule has 1 aliphatic rings. The van der Waals surface area contributed by atoms with E-state index in [-0.39, 0.29) is 5.41 Å². The van der Waals surface area contributed by atoms with Crippen molar-refractivity contribution < 1.29 is 0 Å². The number of halogens is 1. The maximum Gasteiger partial charge on any atom is -0.00973 e. The van der Waals surface area contributed by atoms with Crippen LogP contribution in [0.25, 0.3) is 5.57 Å². The summed E-state index contributed by atoms with van der Waals surface area (Å²) in [5.74, 6) is 0. The summed E-state index contributed by atoms with van der Waals surface area (Å²) in [6.45, 7) is 13.9. The van der Waals surface area contributed by atoms with Crippen LogP contribution in [0.15, 0.2) is 16.2 Å². The second-order valence-corrected chi connectivity index (χ2v) is 8.10. The first-order chi connectivity index (χ1) is 8.66. The molecular formula is C18H25I. The van der Waals surface area contributed by atoms with Crippen LogP contribution in [-0.4, -0.2) is 0 Å². The van der Waals surface area contributed by atoms with E-state index < -0.39 is 0 Å². The van der Waals surface area contributed by atoms with Gasteiger partial charge in [0.15, 0.2) is 0 Å². The average Bonchev–Trinajstić information content (AvgIpc) is 2.62. The van der Waals surface area contributed by atoms with Crippen molar-refractivity contribution in [2.45, 2.75) is 65.2 Å². The van der Waals surface area contributed by atoms with E-state index in [2.05, 4.69) is 80.3 Å². The van der Waals surface area contributed by atoms with E-state index in [9.17, 15) is 0 Å². The molecule has 0 atom stereocenters. The number of rotatable bonds is 1. The van der Waals surface area contributed by atoms with Crippen LogP contribution in [-0.2, 0) is 17.3 Å².